The van der Waals surface area contributed by atoms with Crippen molar-refractivity contribution in [2.75, 3.05) is 31.6 Å². The number of ether oxygens (including phenoxy) is 2. The normalized spacial score (nSPS) is 19.9. The van der Waals surface area contributed by atoms with Crippen molar-refractivity contribution in [2.24, 2.45) is 0 Å². The van der Waals surface area contributed by atoms with Gasteiger partial charge in [-0.1, -0.05) is 0 Å². The SMILES string of the molecule is Cc1cc2c3c(c(NC(C)C)nc2cc1OCCCN1CCCC1)C(C)(C)OC3(C)C. The molecule has 5 heteroatoms. The molecular formula is C26H39N3O2. The quantitative estimate of drug-likeness (QED) is 0.574. The molecule has 1 saturated heterocycles. The van der Waals surface area contributed by atoms with Gasteiger partial charge in [0.05, 0.1) is 23.3 Å². The Labute approximate surface area is 187 Å². The van der Waals surface area contributed by atoms with E-state index in [2.05, 4.69) is 70.8 Å². The van der Waals surface area contributed by atoms with Crippen molar-refractivity contribution in [1.29, 1.82) is 0 Å². The van der Waals surface area contributed by atoms with E-state index in [0.29, 0.717) is 6.04 Å². The molecule has 1 aromatic heterocycles. The molecule has 170 valence electrons. The number of rotatable bonds is 7. The maximum absolute atomic E-state index is 6.52. The van der Waals surface area contributed by atoms with E-state index < -0.39 is 5.60 Å². The highest BCUT2D eigenvalue weighted by Crippen LogP contribution is 2.52. The van der Waals surface area contributed by atoms with Crippen LogP contribution in [0.4, 0.5) is 5.82 Å². The lowest BCUT2D eigenvalue weighted by Gasteiger charge is -2.25. The van der Waals surface area contributed by atoms with Gasteiger partial charge in [0.25, 0.3) is 0 Å². The summed E-state index contributed by atoms with van der Waals surface area (Å²) in [6.45, 7) is 19.4. The average molecular weight is 426 g/mol. The molecule has 2 aromatic rings. The number of pyridine rings is 1. The molecule has 31 heavy (non-hydrogen) atoms. The van der Waals surface area contributed by atoms with Gasteiger partial charge in [-0.2, -0.15) is 0 Å². The van der Waals surface area contributed by atoms with Gasteiger partial charge in [0.1, 0.15) is 11.6 Å². The number of aryl methyl sites for hydroxylation is 1. The zero-order valence-corrected chi connectivity index (χ0v) is 20.4. The number of aromatic nitrogens is 1. The van der Waals surface area contributed by atoms with Crippen LogP contribution in [0.1, 0.15) is 77.5 Å². The first-order valence-electron chi connectivity index (χ1n) is 11.9. The van der Waals surface area contributed by atoms with E-state index in [1.807, 2.05) is 0 Å². The molecule has 0 spiro atoms. The van der Waals surface area contributed by atoms with Crippen LogP contribution < -0.4 is 10.1 Å². The standard InChI is InChI=1S/C26H39N3O2/c1-17(2)27-24-23-22(25(4,5)31-26(23,6)7)19-15-18(3)21(16-20(19)28-24)30-14-10-13-29-11-8-9-12-29/h15-17H,8-14H2,1-7H3,(H,27,28). The fraction of sp³-hybridized carbons (Fsp3) is 0.654. The van der Waals surface area contributed by atoms with Crippen molar-refractivity contribution in [2.45, 2.75) is 85.0 Å². The molecule has 0 amide bonds. The summed E-state index contributed by atoms with van der Waals surface area (Å²) in [7, 11) is 0. The second-order valence-electron chi connectivity index (χ2n) is 10.5. The lowest BCUT2D eigenvalue weighted by atomic mass is 9.87. The third-order valence-corrected chi connectivity index (χ3v) is 6.50. The molecule has 0 radical (unpaired) electrons. The van der Waals surface area contributed by atoms with E-state index in [4.69, 9.17) is 14.5 Å². The van der Waals surface area contributed by atoms with Gasteiger partial charge in [0.15, 0.2) is 0 Å². The molecule has 0 unspecified atom stereocenters. The van der Waals surface area contributed by atoms with Gasteiger partial charge < -0.3 is 19.7 Å². The van der Waals surface area contributed by atoms with Gasteiger partial charge >= 0.3 is 0 Å². The Balaban J connectivity index is 1.68. The van der Waals surface area contributed by atoms with Crippen molar-refractivity contribution >= 4 is 16.7 Å². The minimum Gasteiger partial charge on any atom is -0.493 e. The Kier molecular flexibility index (Phi) is 5.95. The summed E-state index contributed by atoms with van der Waals surface area (Å²) in [6.07, 6.45) is 3.73. The molecule has 2 aliphatic heterocycles. The Morgan fingerprint density at radius 2 is 1.77 bits per heavy atom. The highest BCUT2D eigenvalue weighted by Gasteiger charge is 2.46. The summed E-state index contributed by atoms with van der Waals surface area (Å²) in [6, 6.07) is 4.65. The van der Waals surface area contributed by atoms with E-state index in [1.54, 1.807) is 0 Å². The van der Waals surface area contributed by atoms with Crippen molar-refractivity contribution in [1.82, 2.24) is 9.88 Å². The van der Waals surface area contributed by atoms with Crippen LogP contribution in [0, 0.1) is 6.92 Å². The number of nitrogens with zero attached hydrogens (tertiary/aromatic N) is 2. The van der Waals surface area contributed by atoms with Crippen LogP contribution in [-0.2, 0) is 15.9 Å². The van der Waals surface area contributed by atoms with Gasteiger partial charge in [-0.3, -0.25) is 0 Å². The minimum atomic E-state index is -0.393. The first kappa shape index (κ1) is 22.3. The van der Waals surface area contributed by atoms with Crippen LogP contribution in [0.5, 0.6) is 5.75 Å². The molecular weight excluding hydrogens is 386 g/mol. The van der Waals surface area contributed by atoms with Crippen LogP contribution in [0.25, 0.3) is 10.9 Å². The molecule has 2 aliphatic rings. The van der Waals surface area contributed by atoms with E-state index in [9.17, 15) is 0 Å². The maximum atomic E-state index is 6.52. The molecule has 1 N–H and O–H groups in total. The Bertz CT molecular complexity index is 959. The summed E-state index contributed by atoms with van der Waals surface area (Å²) >= 11 is 0. The number of fused-ring (bicyclic) bond motifs is 3. The number of anilines is 1. The first-order chi connectivity index (χ1) is 14.6. The predicted molar refractivity (Wildman–Crippen MR) is 128 cm³/mol. The van der Waals surface area contributed by atoms with E-state index in [1.165, 1.54) is 42.4 Å². The molecule has 3 heterocycles. The lowest BCUT2D eigenvalue weighted by molar-refractivity contribution is -0.104. The summed E-state index contributed by atoms with van der Waals surface area (Å²) in [5.74, 6) is 1.87. The van der Waals surface area contributed by atoms with Crippen LogP contribution in [0.3, 0.4) is 0 Å². The van der Waals surface area contributed by atoms with Gasteiger partial charge in [-0.25, -0.2) is 4.98 Å². The summed E-state index contributed by atoms with van der Waals surface area (Å²) < 4.78 is 12.7. The molecule has 0 atom stereocenters. The van der Waals surface area contributed by atoms with Crippen molar-refractivity contribution in [3.8, 4) is 5.75 Å². The summed E-state index contributed by atoms with van der Waals surface area (Å²) in [4.78, 5) is 7.60. The zero-order chi connectivity index (χ0) is 22.4. The van der Waals surface area contributed by atoms with Gasteiger partial charge in [-0.05, 0) is 92.4 Å². The van der Waals surface area contributed by atoms with Gasteiger partial charge in [-0.15, -0.1) is 0 Å². The number of hydrogen-bond acceptors (Lipinski definition) is 5. The Morgan fingerprint density at radius 1 is 1.10 bits per heavy atom. The van der Waals surface area contributed by atoms with Crippen LogP contribution in [-0.4, -0.2) is 42.2 Å². The molecule has 5 nitrogen and oxygen atoms in total. The molecule has 4 rings (SSSR count). The van der Waals surface area contributed by atoms with E-state index in [-0.39, 0.29) is 5.60 Å². The largest absolute Gasteiger partial charge is 0.493 e. The summed E-state index contributed by atoms with van der Waals surface area (Å²) in [5, 5.41) is 4.74. The van der Waals surface area contributed by atoms with Crippen LogP contribution in [0.15, 0.2) is 12.1 Å². The van der Waals surface area contributed by atoms with Crippen molar-refractivity contribution in [3.63, 3.8) is 0 Å². The van der Waals surface area contributed by atoms with E-state index >= 15 is 0 Å². The maximum Gasteiger partial charge on any atom is 0.133 e. The monoisotopic (exact) mass is 425 g/mol. The number of hydrogen-bond donors (Lipinski definition) is 1. The highest BCUT2D eigenvalue weighted by molar-refractivity contribution is 5.90. The number of benzene rings is 1. The molecule has 0 aliphatic carbocycles. The highest BCUT2D eigenvalue weighted by atomic mass is 16.5. The first-order valence-corrected chi connectivity index (χ1v) is 11.9. The number of nitrogens with one attached hydrogen (secondary N) is 1. The van der Waals surface area contributed by atoms with Gasteiger partial charge in [0, 0.05) is 35.2 Å². The minimum absolute atomic E-state index is 0.292. The third-order valence-electron chi connectivity index (χ3n) is 6.50. The fourth-order valence-electron chi connectivity index (χ4n) is 5.36. The second kappa shape index (κ2) is 8.25. The molecule has 1 aromatic carbocycles. The average Bonchev–Trinajstić information content (AvgIpc) is 3.23. The fourth-order valence-corrected chi connectivity index (χ4v) is 5.36. The topological polar surface area (TPSA) is 46.6 Å². The number of likely N-dealkylation sites (tertiary alicyclic amines) is 1. The van der Waals surface area contributed by atoms with Crippen molar-refractivity contribution in [3.05, 3.63) is 28.8 Å². The second-order valence-corrected chi connectivity index (χ2v) is 10.5. The van der Waals surface area contributed by atoms with Crippen LogP contribution in [0.2, 0.25) is 0 Å². The lowest BCUT2D eigenvalue weighted by Crippen LogP contribution is -2.23. The summed E-state index contributed by atoms with van der Waals surface area (Å²) in [5.41, 5.74) is 3.78. The Hall–Kier alpha value is -1.85. The van der Waals surface area contributed by atoms with Crippen LogP contribution >= 0.6 is 0 Å². The molecule has 1 fully saturated rings. The van der Waals surface area contributed by atoms with Crippen molar-refractivity contribution < 1.29 is 9.47 Å². The van der Waals surface area contributed by atoms with E-state index in [0.717, 1.165) is 42.2 Å². The molecule has 0 saturated carbocycles. The Morgan fingerprint density at radius 3 is 2.45 bits per heavy atom. The predicted octanol–water partition coefficient (Wildman–Crippen LogP) is 5.73. The molecule has 0 bridgehead atoms. The third kappa shape index (κ3) is 4.40. The zero-order valence-electron chi connectivity index (χ0n) is 20.4. The van der Waals surface area contributed by atoms with Gasteiger partial charge in [0.2, 0.25) is 0 Å². The smallest absolute Gasteiger partial charge is 0.133 e.